The van der Waals surface area contributed by atoms with E-state index in [0.717, 1.165) is 0 Å². The standard InChI is InChI=1S/C13H20N6O2/c1-9(2)8-18(7-5-6-14)12-11(19(20)21)10(3)16-13(15-4)17-12/h9H,5,7-8H2,1-4H3,(H,15,16,17). The normalized spacial score (nSPS) is 10.3. The second kappa shape index (κ2) is 7.38. The lowest BCUT2D eigenvalue weighted by molar-refractivity contribution is -0.385. The van der Waals surface area contributed by atoms with Gasteiger partial charge in [0.1, 0.15) is 5.69 Å². The van der Waals surface area contributed by atoms with Crippen molar-refractivity contribution >= 4 is 17.5 Å². The summed E-state index contributed by atoms with van der Waals surface area (Å²) in [5.74, 6) is 0.885. The van der Waals surface area contributed by atoms with Gasteiger partial charge in [-0.2, -0.15) is 10.2 Å². The molecule has 0 amide bonds. The molecule has 0 aromatic carbocycles. The van der Waals surface area contributed by atoms with E-state index in [1.807, 2.05) is 13.8 Å². The fraction of sp³-hybridized carbons (Fsp3) is 0.615. The van der Waals surface area contributed by atoms with Gasteiger partial charge >= 0.3 is 5.69 Å². The van der Waals surface area contributed by atoms with Crippen LogP contribution in [-0.2, 0) is 0 Å². The lowest BCUT2D eigenvalue weighted by atomic mass is 10.2. The van der Waals surface area contributed by atoms with Crippen LogP contribution in [0.2, 0.25) is 0 Å². The van der Waals surface area contributed by atoms with Crippen molar-refractivity contribution in [3.05, 3.63) is 15.8 Å². The van der Waals surface area contributed by atoms with Crippen molar-refractivity contribution in [1.82, 2.24) is 9.97 Å². The molecule has 0 atom stereocenters. The first-order valence-electron chi connectivity index (χ1n) is 6.73. The molecule has 0 saturated heterocycles. The molecule has 1 aromatic heterocycles. The van der Waals surface area contributed by atoms with Gasteiger partial charge in [-0.05, 0) is 12.8 Å². The number of aromatic nitrogens is 2. The van der Waals surface area contributed by atoms with Gasteiger partial charge in [-0.15, -0.1) is 0 Å². The Kier molecular flexibility index (Phi) is 5.84. The molecule has 0 aliphatic rings. The second-order valence-corrected chi connectivity index (χ2v) is 5.06. The van der Waals surface area contributed by atoms with Crippen LogP contribution in [0.4, 0.5) is 17.5 Å². The molecular weight excluding hydrogens is 272 g/mol. The summed E-state index contributed by atoms with van der Waals surface area (Å²) in [7, 11) is 1.66. The maximum atomic E-state index is 11.3. The van der Waals surface area contributed by atoms with Crippen LogP contribution >= 0.6 is 0 Å². The number of hydrogen-bond acceptors (Lipinski definition) is 7. The van der Waals surface area contributed by atoms with Gasteiger partial charge in [-0.3, -0.25) is 10.1 Å². The minimum absolute atomic E-state index is 0.104. The third kappa shape index (κ3) is 4.27. The van der Waals surface area contributed by atoms with Gasteiger partial charge in [-0.25, -0.2) is 4.98 Å². The average Bonchev–Trinajstić information content (AvgIpc) is 2.41. The molecule has 0 bridgehead atoms. The summed E-state index contributed by atoms with van der Waals surface area (Å²) in [6.45, 7) is 6.59. The number of nitriles is 1. The van der Waals surface area contributed by atoms with Crippen LogP contribution in [0.15, 0.2) is 0 Å². The van der Waals surface area contributed by atoms with E-state index in [1.54, 1.807) is 18.9 Å². The predicted octanol–water partition coefficient (Wildman–Crippen LogP) is 2.11. The molecule has 0 radical (unpaired) electrons. The molecule has 0 fully saturated rings. The summed E-state index contributed by atoms with van der Waals surface area (Å²) < 4.78 is 0. The largest absolute Gasteiger partial charge is 0.357 e. The number of rotatable bonds is 7. The smallest absolute Gasteiger partial charge is 0.332 e. The Balaban J connectivity index is 3.35. The average molecular weight is 292 g/mol. The van der Waals surface area contributed by atoms with Crippen LogP contribution in [-0.4, -0.2) is 35.0 Å². The first-order chi connectivity index (χ1) is 9.90. The molecule has 1 N–H and O–H groups in total. The van der Waals surface area contributed by atoms with Crippen molar-refractivity contribution in [1.29, 1.82) is 5.26 Å². The molecule has 8 nitrogen and oxygen atoms in total. The Morgan fingerprint density at radius 1 is 1.48 bits per heavy atom. The van der Waals surface area contributed by atoms with Crippen molar-refractivity contribution in [2.75, 3.05) is 30.4 Å². The zero-order valence-corrected chi connectivity index (χ0v) is 12.8. The van der Waals surface area contributed by atoms with Crippen LogP contribution in [0.1, 0.15) is 26.0 Å². The van der Waals surface area contributed by atoms with Gasteiger partial charge in [0, 0.05) is 20.1 Å². The maximum absolute atomic E-state index is 11.3. The van der Waals surface area contributed by atoms with Crippen molar-refractivity contribution in [2.45, 2.75) is 27.2 Å². The van der Waals surface area contributed by atoms with E-state index in [-0.39, 0.29) is 23.8 Å². The van der Waals surface area contributed by atoms with Gasteiger partial charge in [0.25, 0.3) is 0 Å². The molecule has 1 aromatic rings. The Hall–Kier alpha value is -2.43. The van der Waals surface area contributed by atoms with Gasteiger partial charge in [0.2, 0.25) is 11.8 Å². The lowest BCUT2D eigenvalue weighted by Gasteiger charge is -2.24. The summed E-state index contributed by atoms with van der Waals surface area (Å²) in [5, 5.41) is 22.9. The fourth-order valence-corrected chi connectivity index (χ4v) is 2.01. The summed E-state index contributed by atoms with van der Waals surface area (Å²) >= 11 is 0. The quantitative estimate of drug-likeness (QED) is 0.605. The molecule has 1 rings (SSSR count). The SMILES string of the molecule is CNc1nc(C)c([N+](=O)[O-])c(N(CCC#N)CC(C)C)n1. The number of anilines is 2. The first kappa shape index (κ1) is 16.6. The van der Waals surface area contributed by atoms with Crippen molar-refractivity contribution in [3.8, 4) is 6.07 Å². The van der Waals surface area contributed by atoms with Gasteiger partial charge in [-0.1, -0.05) is 13.8 Å². The van der Waals surface area contributed by atoms with E-state index in [2.05, 4.69) is 21.4 Å². The van der Waals surface area contributed by atoms with Crippen LogP contribution in [0, 0.1) is 34.3 Å². The number of nitrogens with zero attached hydrogens (tertiary/aromatic N) is 5. The Labute approximate surface area is 124 Å². The Morgan fingerprint density at radius 2 is 2.14 bits per heavy atom. The van der Waals surface area contributed by atoms with E-state index in [4.69, 9.17) is 5.26 Å². The molecule has 1 heterocycles. The third-order valence-corrected chi connectivity index (χ3v) is 2.82. The van der Waals surface area contributed by atoms with Gasteiger partial charge in [0.05, 0.1) is 17.4 Å². The molecular formula is C13H20N6O2. The van der Waals surface area contributed by atoms with Crippen molar-refractivity contribution in [2.24, 2.45) is 5.92 Å². The Bertz CT molecular complexity index is 552. The van der Waals surface area contributed by atoms with E-state index in [0.29, 0.717) is 24.7 Å². The number of nitro groups is 1. The van der Waals surface area contributed by atoms with Gasteiger partial charge in [0.15, 0.2) is 0 Å². The predicted molar refractivity (Wildman–Crippen MR) is 80.3 cm³/mol. The maximum Gasteiger partial charge on any atom is 0.332 e. The van der Waals surface area contributed by atoms with Crippen LogP contribution in [0.5, 0.6) is 0 Å². The number of aryl methyl sites for hydroxylation is 1. The lowest BCUT2D eigenvalue weighted by Crippen LogP contribution is -2.30. The molecule has 0 unspecified atom stereocenters. The summed E-state index contributed by atoms with van der Waals surface area (Å²) in [4.78, 5) is 20.9. The highest BCUT2D eigenvalue weighted by atomic mass is 16.6. The van der Waals surface area contributed by atoms with Crippen molar-refractivity contribution in [3.63, 3.8) is 0 Å². The molecule has 21 heavy (non-hydrogen) atoms. The van der Waals surface area contributed by atoms with Crippen LogP contribution in [0.25, 0.3) is 0 Å². The number of nitrogens with one attached hydrogen (secondary N) is 1. The van der Waals surface area contributed by atoms with Crippen LogP contribution < -0.4 is 10.2 Å². The zero-order valence-electron chi connectivity index (χ0n) is 12.8. The zero-order chi connectivity index (χ0) is 16.0. The fourth-order valence-electron chi connectivity index (χ4n) is 2.01. The minimum atomic E-state index is -0.468. The van der Waals surface area contributed by atoms with E-state index in [9.17, 15) is 10.1 Å². The second-order valence-electron chi connectivity index (χ2n) is 5.06. The summed E-state index contributed by atoms with van der Waals surface area (Å²) in [5.41, 5.74) is 0.202. The number of hydrogen-bond donors (Lipinski definition) is 1. The third-order valence-electron chi connectivity index (χ3n) is 2.82. The highest BCUT2D eigenvalue weighted by molar-refractivity contribution is 5.62. The topological polar surface area (TPSA) is 108 Å². The van der Waals surface area contributed by atoms with Crippen molar-refractivity contribution < 1.29 is 4.92 Å². The molecule has 0 aliphatic heterocycles. The molecule has 8 heteroatoms. The molecule has 114 valence electrons. The van der Waals surface area contributed by atoms with Gasteiger partial charge < -0.3 is 10.2 Å². The van der Waals surface area contributed by atoms with E-state index >= 15 is 0 Å². The summed E-state index contributed by atoms with van der Waals surface area (Å²) in [6.07, 6.45) is 0.280. The minimum Gasteiger partial charge on any atom is -0.357 e. The van der Waals surface area contributed by atoms with E-state index in [1.165, 1.54) is 0 Å². The molecule has 0 aliphatic carbocycles. The highest BCUT2D eigenvalue weighted by Crippen LogP contribution is 2.30. The van der Waals surface area contributed by atoms with Crippen LogP contribution in [0.3, 0.4) is 0 Å². The van der Waals surface area contributed by atoms with E-state index < -0.39 is 4.92 Å². The monoisotopic (exact) mass is 292 g/mol. The molecule has 0 saturated carbocycles. The first-order valence-corrected chi connectivity index (χ1v) is 6.73. The highest BCUT2D eigenvalue weighted by Gasteiger charge is 2.26. The summed E-state index contributed by atoms with van der Waals surface area (Å²) in [6, 6.07) is 2.06. The Morgan fingerprint density at radius 3 is 2.62 bits per heavy atom. The molecule has 0 spiro atoms.